The van der Waals surface area contributed by atoms with Crippen LogP contribution in [-0.4, -0.2) is 29.8 Å². The molecule has 1 aliphatic heterocycles. The maximum absolute atomic E-state index is 9.72. The Morgan fingerprint density at radius 2 is 2.43 bits per heavy atom. The van der Waals surface area contributed by atoms with Crippen molar-refractivity contribution in [1.29, 1.82) is 0 Å². The second-order valence-electron chi connectivity index (χ2n) is 3.42. The molecule has 0 saturated carbocycles. The SMILES string of the molecule is COc1nc(C)c(C2NCCC2O)s1. The Bertz CT molecular complexity index is 327. The molecule has 0 aromatic carbocycles. The summed E-state index contributed by atoms with van der Waals surface area (Å²) in [5, 5.41) is 13.7. The van der Waals surface area contributed by atoms with Gasteiger partial charge < -0.3 is 15.2 Å². The van der Waals surface area contributed by atoms with E-state index in [9.17, 15) is 5.11 Å². The van der Waals surface area contributed by atoms with Crippen LogP contribution < -0.4 is 10.1 Å². The Morgan fingerprint density at radius 3 is 2.93 bits per heavy atom. The molecule has 2 unspecified atom stereocenters. The highest BCUT2D eigenvalue weighted by Crippen LogP contribution is 2.34. The second-order valence-corrected chi connectivity index (χ2v) is 4.41. The highest BCUT2D eigenvalue weighted by molar-refractivity contribution is 7.13. The van der Waals surface area contributed by atoms with Crippen molar-refractivity contribution in [2.24, 2.45) is 0 Å². The average Bonchev–Trinajstić information content (AvgIpc) is 2.72. The fourth-order valence-electron chi connectivity index (χ4n) is 1.72. The lowest BCUT2D eigenvalue weighted by Crippen LogP contribution is -2.20. The van der Waals surface area contributed by atoms with Crippen molar-refractivity contribution in [3.63, 3.8) is 0 Å². The minimum Gasteiger partial charge on any atom is -0.473 e. The molecular formula is C9H14N2O2S. The van der Waals surface area contributed by atoms with Crippen LogP contribution in [0.4, 0.5) is 0 Å². The number of nitrogens with zero attached hydrogens (tertiary/aromatic N) is 1. The second kappa shape index (κ2) is 3.84. The van der Waals surface area contributed by atoms with Gasteiger partial charge in [0.05, 0.1) is 29.8 Å². The van der Waals surface area contributed by atoms with Crippen LogP contribution in [0.5, 0.6) is 5.19 Å². The van der Waals surface area contributed by atoms with Crippen LogP contribution in [0.3, 0.4) is 0 Å². The summed E-state index contributed by atoms with van der Waals surface area (Å²) in [6.07, 6.45) is 0.517. The van der Waals surface area contributed by atoms with Gasteiger partial charge in [-0.2, -0.15) is 0 Å². The van der Waals surface area contributed by atoms with E-state index in [1.165, 1.54) is 11.3 Å². The Morgan fingerprint density at radius 1 is 1.64 bits per heavy atom. The van der Waals surface area contributed by atoms with Crippen molar-refractivity contribution in [2.45, 2.75) is 25.5 Å². The monoisotopic (exact) mass is 214 g/mol. The molecule has 0 bridgehead atoms. The molecule has 1 aliphatic rings. The third kappa shape index (κ3) is 1.63. The predicted octanol–water partition coefficient (Wildman–Crippen LogP) is 0.855. The fourth-order valence-corrected chi connectivity index (χ4v) is 2.73. The molecule has 0 spiro atoms. The van der Waals surface area contributed by atoms with Crippen molar-refractivity contribution in [2.75, 3.05) is 13.7 Å². The zero-order chi connectivity index (χ0) is 10.1. The van der Waals surface area contributed by atoms with Crippen LogP contribution in [0.1, 0.15) is 23.0 Å². The molecule has 1 aromatic rings. The summed E-state index contributed by atoms with van der Waals surface area (Å²) in [6.45, 7) is 2.81. The molecule has 2 heterocycles. The first kappa shape index (κ1) is 9.89. The first-order valence-electron chi connectivity index (χ1n) is 4.65. The van der Waals surface area contributed by atoms with Crippen LogP contribution >= 0.6 is 11.3 Å². The van der Waals surface area contributed by atoms with Crippen LogP contribution in [-0.2, 0) is 0 Å². The van der Waals surface area contributed by atoms with Gasteiger partial charge in [0, 0.05) is 0 Å². The molecule has 1 saturated heterocycles. The van der Waals surface area contributed by atoms with E-state index in [1.54, 1.807) is 7.11 Å². The van der Waals surface area contributed by atoms with Gasteiger partial charge in [-0.25, -0.2) is 4.98 Å². The number of aryl methyl sites for hydroxylation is 1. The zero-order valence-corrected chi connectivity index (χ0v) is 9.10. The zero-order valence-electron chi connectivity index (χ0n) is 8.28. The Balaban J connectivity index is 2.26. The molecule has 78 valence electrons. The lowest BCUT2D eigenvalue weighted by atomic mass is 10.1. The largest absolute Gasteiger partial charge is 0.473 e. The van der Waals surface area contributed by atoms with E-state index < -0.39 is 0 Å². The highest BCUT2D eigenvalue weighted by Gasteiger charge is 2.29. The highest BCUT2D eigenvalue weighted by atomic mass is 32.1. The molecule has 14 heavy (non-hydrogen) atoms. The maximum atomic E-state index is 9.72. The van der Waals surface area contributed by atoms with Crippen LogP contribution in [0.2, 0.25) is 0 Å². The van der Waals surface area contributed by atoms with Crippen molar-refractivity contribution >= 4 is 11.3 Å². The first-order valence-corrected chi connectivity index (χ1v) is 5.47. The van der Waals surface area contributed by atoms with E-state index in [1.807, 2.05) is 6.92 Å². The van der Waals surface area contributed by atoms with Crippen molar-refractivity contribution in [1.82, 2.24) is 10.3 Å². The smallest absolute Gasteiger partial charge is 0.273 e. The van der Waals surface area contributed by atoms with Gasteiger partial charge in [0.15, 0.2) is 0 Å². The lowest BCUT2D eigenvalue weighted by molar-refractivity contribution is 0.161. The molecule has 5 heteroatoms. The number of thiazole rings is 1. The quantitative estimate of drug-likeness (QED) is 0.766. The summed E-state index contributed by atoms with van der Waals surface area (Å²) in [6, 6.07) is 0.0383. The molecular weight excluding hydrogens is 200 g/mol. The predicted molar refractivity (Wildman–Crippen MR) is 54.8 cm³/mol. The van der Waals surface area contributed by atoms with Crippen molar-refractivity contribution < 1.29 is 9.84 Å². The minimum atomic E-state index is -0.293. The van der Waals surface area contributed by atoms with Crippen LogP contribution in [0.25, 0.3) is 0 Å². The molecule has 1 aromatic heterocycles. The number of methoxy groups -OCH3 is 1. The number of nitrogens with one attached hydrogen (secondary N) is 1. The number of ether oxygens (including phenoxy) is 1. The van der Waals surface area contributed by atoms with E-state index in [4.69, 9.17) is 4.74 Å². The minimum absolute atomic E-state index is 0.0383. The summed E-state index contributed by atoms with van der Waals surface area (Å²) in [5.41, 5.74) is 0.949. The molecule has 2 N–H and O–H groups in total. The molecule has 2 rings (SSSR count). The molecule has 4 nitrogen and oxygen atoms in total. The van der Waals surface area contributed by atoms with Crippen molar-refractivity contribution in [3.05, 3.63) is 10.6 Å². The van der Waals surface area contributed by atoms with E-state index in [2.05, 4.69) is 10.3 Å². The van der Waals surface area contributed by atoms with E-state index >= 15 is 0 Å². The van der Waals surface area contributed by atoms with Gasteiger partial charge in [-0.05, 0) is 19.9 Å². The molecule has 2 atom stereocenters. The molecule has 1 fully saturated rings. The topological polar surface area (TPSA) is 54.4 Å². The molecule has 0 radical (unpaired) electrons. The summed E-state index contributed by atoms with van der Waals surface area (Å²) in [7, 11) is 1.61. The van der Waals surface area contributed by atoms with Gasteiger partial charge in [-0.15, -0.1) is 0 Å². The standard InChI is InChI=1S/C9H14N2O2S/c1-5-8(14-9(11-5)13-2)7-6(12)3-4-10-7/h6-7,10,12H,3-4H2,1-2H3. The summed E-state index contributed by atoms with van der Waals surface area (Å²) in [4.78, 5) is 5.34. The number of aliphatic hydroxyl groups is 1. The van der Waals surface area contributed by atoms with Gasteiger partial charge in [0.25, 0.3) is 5.19 Å². The number of rotatable bonds is 2. The van der Waals surface area contributed by atoms with Gasteiger partial charge in [0.2, 0.25) is 0 Å². The average molecular weight is 214 g/mol. The Labute approximate surface area is 86.9 Å². The third-order valence-corrected chi connectivity index (χ3v) is 3.66. The summed E-state index contributed by atoms with van der Waals surface area (Å²) >= 11 is 1.50. The summed E-state index contributed by atoms with van der Waals surface area (Å²) < 4.78 is 5.07. The van der Waals surface area contributed by atoms with E-state index in [-0.39, 0.29) is 12.1 Å². The molecule has 0 amide bonds. The number of hydrogen-bond acceptors (Lipinski definition) is 5. The Hall–Kier alpha value is -0.650. The van der Waals surface area contributed by atoms with Crippen LogP contribution in [0.15, 0.2) is 0 Å². The summed E-state index contributed by atoms with van der Waals surface area (Å²) in [5.74, 6) is 0. The van der Waals surface area contributed by atoms with Crippen molar-refractivity contribution in [3.8, 4) is 5.19 Å². The molecule has 0 aliphatic carbocycles. The first-order chi connectivity index (χ1) is 6.72. The third-order valence-electron chi connectivity index (χ3n) is 2.46. The van der Waals surface area contributed by atoms with Gasteiger partial charge in [-0.3, -0.25) is 0 Å². The lowest BCUT2D eigenvalue weighted by Gasteiger charge is -2.12. The normalized spacial score (nSPS) is 26.8. The van der Waals surface area contributed by atoms with E-state index in [0.29, 0.717) is 5.19 Å². The maximum Gasteiger partial charge on any atom is 0.273 e. The fraction of sp³-hybridized carbons (Fsp3) is 0.667. The van der Waals surface area contributed by atoms with Crippen LogP contribution in [0, 0.1) is 6.92 Å². The van der Waals surface area contributed by atoms with E-state index in [0.717, 1.165) is 23.5 Å². The van der Waals surface area contributed by atoms with Gasteiger partial charge in [-0.1, -0.05) is 11.3 Å². The number of aliphatic hydroxyl groups excluding tert-OH is 1. The van der Waals surface area contributed by atoms with Gasteiger partial charge >= 0.3 is 0 Å². The number of aromatic nitrogens is 1. The Kier molecular flexibility index (Phi) is 2.71. The van der Waals surface area contributed by atoms with Gasteiger partial charge in [0.1, 0.15) is 0 Å². The number of hydrogen-bond donors (Lipinski definition) is 2.